The van der Waals surface area contributed by atoms with Gasteiger partial charge in [0.15, 0.2) is 5.89 Å². The maximum Gasteiger partial charge on any atom is 0.191 e. The van der Waals surface area contributed by atoms with Crippen LogP contribution in [0.3, 0.4) is 0 Å². The highest BCUT2D eigenvalue weighted by molar-refractivity contribution is 5.90. The molecule has 0 bridgehead atoms. The van der Waals surface area contributed by atoms with Crippen molar-refractivity contribution in [3.63, 3.8) is 0 Å². The Morgan fingerprint density at radius 2 is 2.10 bits per heavy atom. The molecule has 0 radical (unpaired) electrons. The van der Waals surface area contributed by atoms with Gasteiger partial charge in [-0.3, -0.25) is 0 Å². The van der Waals surface area contributed by atoms with Crippen LogP contribution in [0.1, 0.15) is 34.0 Å². The molecule has 1 aromatic carbocycles. The SMILES string of the molecule is Cc1nc(/C=C(\c2cnc[nH]2)c2cccc(C)c2C)co1. The first-order chi connectivity index (χ1) is 10.1. The van der Waals surface area contributed by atoms with E-state index in [4.69, 9.17) is 4.42 Å². The lowest BCUT2D eigenvalue weighted by Crippen LogP contribution is -1.94. The Balaban J connectivity index is 2.18. The Morgan fingerprint density at radius 1 is 1.24 bits per heavy atom. The van der Waals surface area contributed by atoms with Crippen LogP contribution in [0.25, 0.3) is 11.6 Å². The number of imidazole rings is 1. The molecule has 3 rings (SSSR count). The molecule has 106 valence electrons. The third-order valence-corrected chi connectivity index (χ3v) is 3.61. The van der Waals surface area contributed by atoms with Crippen molar-refractivity contribution in [1.29, 1.82) is 0 Å². The highest BCUT2D eigenvalue weighted by atomic mass is 16.3. The third-order valence-electron chi connectivity index (χ3n) is 3.61. The van der Waals surface area contributed by atoms with E-state index in [2.05, 4.69) is 47.0 Å². The molecule has 0 aliphatic rings. The molecule has 0 saturated heterocycles. The van der Waals surface area contributed by atoms with Crippen LogP contribution in [0.2, 0.25) is 0 Å². The van der Waals surface area contributed by atoms with Crippen molar-refractivity contribution in [2.45, 2.75) is 20.8 Å². The van der Waals surface area contributed by atoms with Crippen molar-refractivity contribution in [2.24, 2.45) is 0 Å². The summed E-state index contributed by atoms with van der Waals surface area (Å²) < 4.78 is 5.29. The summed E-state index contributed by atoms with van der Waals surface area (Å²) in [6.07, 6.45) is 7.19. The Morgan fingerprint density at radius 3 is 2.76 bits per heavy atom. The molecule has 0 aliphatic carbocycles. The number of aromatic amines is 1. The second-order valence-corrected chi connectivity index (χ2v) is 5.06. The van der Waals surface area contributed by atoms with Crippen LogP contribution >= 0.6 is 0 Å². The van der Waals surface area contributed by atoms with Crippen molar-refractivity contribution >= 4 is 11.6 Å². The molecule has 4 heteroatoms. The molecule has 0 atom stereocenters. The van der Waals surface area contributed by atoms with Gasteiger partial charge in [-0.2, -0.15) is 0 Å². The molecule has 0 aliphatic heterocycles. The fourth-order valence-electron chi connectivity index (χ4n) is 2.34. The van der Waals surface area contributed by atoms with E-state index in [9.17, 15) is 0 Å². The second kappa shape index (κ2) is 5.40. The fourth-order valence-corrected chi connectivity index (χ4v) is 2.34. The molecule has 0 saturated carbocycles. The number of rotatable bonds is 3. The molecule has 1 N–H and O–H groups in total. The number of oxazole rings is 1. The number of benzene rings is 1. The normalized spacial score (nSPS) is 11.9. The Kier molecular flexibility index (Phi) is 3.44. The maximum absolute atomic E-state index is 5.29. The first-order valence-corrected chi connectivity index (χ1v) is 6.84. The summed E-state index contributed by atoms with van der Waals surface area (Å²) >= 11 is 0. The largest absolute Gasteiger partial charge is 0.449 e. The van der Waals surface area contributed by atoms with Crippen molar-refractivity contribution in [2.75, 3.05) is 0 Å². The molecule has 4 nitrogen and oxygen atoms in total. The molecule has 0 unspecified atom stereocenters. The van der Waals surface area contributed by atoms with E-state index in [0.29, 0.717) is 5.89 Å². The standard InChI is InChI=1S/C17H17N3O/c1-11-5-4-6-15(12(11)2)16(17-8-18-10-19-17)7-14-9-21-13(3)20-14/h4-10H,1-3H3,(H,18,19)/b16-7-. The van der Waals surface area contributed by atoms with Crippen LogP contribution in [-0.4, -0.2) is 15.0 Å². The first kappa shape index (κ1) is 13.4. The van der Waals surface area contributed by atoms with Crippen LogP contribution in [-0.2, 0) is 0 Å². The molecule has 2 aromatic heterocycles. The molecule has 0 amide bonds. The van der Waals surface area contributed by atoms with Crippen LogP contribution in [0.5, 0.6) is 0 Å². The Bertz CT molecular complexity index is 782. The summed E-state index contributed by atoms with van der Waals surface area (Å²) in [6, 6.07) is 6.29. The van der Waals surface area contributed by atoms with Crippen LogP contribution < -0.4 is 0 Å². The average Bonchev–Trinajstić information content (AvgIpc) is 3.11. The van der Waals surface area contributed by atoms with E-state index >= 15 is 0 Å². The van der Waals surface area contributed by atoms with E-state index in [1.807, 2.05) is 19.2 Å². The lowest BCUT2D eigenvalue weighted by atomic mass is 9.94. The number of nitrogens with one attached hydrogen (secondary N) is 1. The fraction of sp³-hybridized carbons (Fsp3) is 0.176. The molecule has 3 aromatic rings. The van der Waals surface area contributed by atoms with Crippen molar-refractivity contribution in [3.8, 4) is 0 Å². The van der Waals surface area contributed by atoms with Gasteiger partial charge in [0.2, 0.25) is 0 Å². The molecule has 0 spiro atoms. The summed E-state index contributed by atoms with van der Waals surface area (Å²) in [5.74, 6) is 0.658. The maximum atomic E-state index is 5.29. The van der Waals surface area contributed by atoms with Gasteiger partial charge in [0.25, 0.3) is 0 Å². The smallest absolute Gasteiger partial charge is 0.191 e. The van der Waals surface area contributed by atoms with Gasteiger partial charge in [-0.25, -0.2) is 9.97 Å². The summed E-state index contributed by atoms with van der Waals surface area (Å²) in [6.45, 7) is 6.08. The number of hydrogen-bond donors (Lipinski definition) is 1. The minimum Gasteiger partial charge on any atom is -0.449 e. The van der Waals surface area contributed by atoms with E-state index in [0.717, 1.165) is 17.0 Å². The first-order valence-electron chi connectivity index (χ1n) is 6.84. The molecule has 21 heavy (non-hydrogen) atoms. The van der Waals surface area contributed by atoms with Crippen LogP contribution in [0.15, 0.2) is 41.4 Å². The number of aromatic nitrogens is 3. The zero-order valence-electron chi connectivity index (χ0n) is 12.3. The highest BCUT2D eigenvalue weighted by Crippen LogP contribution is 2.28. The van der Waals surface area contributed by atoms with E-state index < -0.39 is 0 Å². The highest BCUT2D eigenvalue weighted by Gasteiger charge is 2.11. The molecule has 0 fully saturated rings. The van der Waals surface area contributed by atoms with Gasteiger partial charge in [0.1, 0.15) is 12.0 Å². The summed E-state index contributed by atoms with van der Waals surface area (Å²) in [4.78, 5) is 11.7. The van der Waals surface area contributed by atoms with E-state index in [1.54, 1.807) is 12.6 Å². The minimum atomic E-state index is 0.658. The van der Waals surface area contributed by atoms with Gasteiger partial charge in [0, 0.05) is 12.5 Å². The lowest BCUT2D eigenvalue weighted by Gasteiger charge is -2.11. The summed E-state index contributed by atoms with van der Waals surface area (Å²) in [5, 5.41) is 0. The van der Waals surface area contributed by atoms with E-state index in [-0.39, 0.29) is 0 Å². The molecular formula is C17H17N3O. The number of hydrogen-bond acceptors (Lipinski definition) is 3. The predicted octanol–water partition coefficient (Wildman–Crippen LogP) is 3.91. The monoisotopic (exact) mass is 279 g/mol. The van der Waals surface area contributed by atoms with Gasteiger partial charge < -0.3 is 9.40 Å². The lowest BCUT2D eigenvalue weighted by molar-refractivity contribution is 0.521. The minimum absolute atomic E-state index is 0.658. The zero-order valence-corrected chi connectivity index (χ0v) is 12.3. The van der Waals surface area contributed by atoms with Crippen molar-refractivity contribution < 1.29 is 4.42 Å². The summed E-state index contributed by atoms with van der Waals surface area (Å²) in [7, 11) is 0. The van der Waals surface area contributed by atoms with Gasteiger partial charge in [-0.05, 0) is 36.6 Å². The topological polar surface area (TPSA) is 54.7 Å². The van der Waals surface area contributed by atoms with Gasteiger partial charge in [0.05, 0.1) is 18.2 Å². The zero-order chi connectivity index (χ0) is 14.8. The van der Waals surface area contributed by atoms with Gasteiger partial charge in [-0.1, -0.05) is 18.2 Å². The molecule has 2 heterocycles. The quantitative estimate of drug-likeness (QED) is 0.790. The molecular weight excluding hydrogens is 262 g/mol. The van der Waals surface area contributed by atoms with Crippen LogP contribution in [0, 0.1) is 20.8 Å². The van der Waals surface area contributed by atoms with E-state index in [1.165, 1.54) is 16.7 Å². The van der Waals surface area contributed by atoms with Gasteiger partial charge >= 0.3 is 0 Å². The third kappa shape index (κ3) is 2.65. The summed E-state index contributed by atoms with van der Waals surface area (Å²) in [5.41, 5.74) is 6.50. The Hall–Kier alpha value is -2.62. The van der Waals surface area contributed by atoms with Crippen molar-refractivity contribution in [1.82, 2.24) is 15.0 Å². The Labute approximate surface area is 123 Å². The second-order valence-electron chi connectivity index (χ2n) is 5.06. The average molecular weight is 279 g/mol. The number of nitrogens with zero attached hydrogens (tertiary/aromatic N) is 2. The number of H-pyrrole nitrogens is 1. The van der Waals surface area contributed by atoms with Gasteiger partial charge in [-0.15, -0.1) is 0 Å². The van der Waals surface area contributed by atoms with Crippen molar-refractivity contribution in [3.05, 3.63) is 71.0 Å². The predicted molar refractivity (Wildman–Crippen MR) is 82.7 cm³/mol. The number of aryl methyl sites for hydroxylation is 2. The van der Waals surface area contributed by atoms with Crippen LogP contribution in [0.4, 0.5) is 0 Å².